The van der Waals surface area contributed by atoms with Crippen LogP contribution in [0.15, 0.2) is 24.3 Å². The summed E-state index contributed by atoms with van der Waals surface area (Å²) in [6.07, 6.45) is 2.31. The van der Waals surface area contributed by atoms with E-state index in [1.165, 1.54) is 0 Å². The zero-order valence-electron chi connectivity index (χ0n) is 12.7. The number of carbonyl (C=O) groups excluding carboxylic acids is 1. The summed E-state index contributed by atoms with van der Waals surface area (Å²) in [6, 6.07) is 7.11. The van der Waals surface area contributed by atoms with Crippen LogP contribution in [0.2, 0.25) is 5.02 Å². The van der Waals surface area contributed by atoms with Crippen molar-refractivity contribution in [1.82, 2.24) is 10.6 Å². The molecule has 0 aliphatic heterocycles. The third-order valence-electron chi connectivity index (χ3n) is 4.12. The van der Waals surface area contributed by atoms with Crippen molar-refractivity contribution in [3.63, 3.8) is 0 Å². The molecule has 3 N–H and O–H groups in total. The summed E-state index contributed by atoms with van der Waals surface area (Å²) in [6.45, 7) is 0.878. The second-order valence-corrected chi connectivity index (χ2v) is 6.06. The lowest BCUT2D eigenvalue weighted by atomic mass is 10.1. The van der Waals surface area contributed by atoms with Gasteiger partial charge in [-0.15, -0.1) is 0 Å². The van der Waals surface area contributed by atoms with Gasteiger partial charge in [-0.05, 0) is 30.5 Å². The van der Waals surface area contributed by atoms with Crippen molar-refractivity contribution in [2.45, 2.75) is 31.5 Å². The maximum absolute atomic E-state index is 11.8. The number of benzene rings is 1. The lowest BCUT2D eigenvalue weighted by Crippen LogP contribution is -2.41. The molecule has 1 aromatic carbocycles. The Hall–Kier alpha value is -1.30. The van der Waals surface area contributed by atoms with Crippen LogP contribution in [0.5, 0.6) is 0 Å². The fraction of sp³-hybridized carbons (Fsp3) is 0.562. The van der Waals surface area contributed by atoms with Crippen LogP contribution in [0.1, 0.15) is 30.9 Å². The van der Waals surface area contributed by atoms with Crippen molar-refractivity contribution in [3.05, 3.63) is 34.9 Å². The Labute approximate surface area is 136 Å². The van der Waals surface area contributed by atoms with Gasteiger partial charge < -0.3 is 20.5 Å². The van der Waals surface area contributed by atoms with Crippen LogP contribution in [-0.2, 0) is 4.74 Å². The van der Waals surface area contributed by atoms with E-state index in [-0.39, 0.29) is 24.2 Å². The van der Waals surface area contributed by atoms with Gasteiger partial charge in [0.15, 0.2) is 0 Å². The minimum absolute atomic E-state index is 0.167. The third-order valence-corrected chi connectivity index (χ3v) is 4.37. The van der Waals surface area contributed by atoms with Crippen molar-refractivity contribution in [2.75, 3.05) is 20.2 Å². The van der Waals surface area contributed by atoms with Crippen LogP contribution >= 0.6 is 11.6 Å². The smallest absolute Gasteiger partial charge is 0.314 e. The van der Waals surface area contributed by atoms with Crippen molar-refractivity contribution in [3.8, 4) is 0 Å². The first-order valence-electron chi connectivity index (χ1n) is 7.58. The number of nitrogens with one attached hydrogen (secondary N) is 2. The van der Waals surface area contributed by atoms with Gasteiger partial charge in [-0.3, -0.25) is 0 Å². The Morgan fingerprint density at radius 3 is 2.68 bits per heavy atom. The summed E-state index contributed by atoms with van der Waals surface area (Å²) in [5, 5.41) is 16.0. The number of hydrogen-bond donors (Lipinski definition) is 3. The molecular weight excluding hydrogens is 304 g/mol. The number of ether oxygens (including phenoxy) is 1. The number of aliphatic hydroxyl groups is 1. The van der Waals surface area contributed by atoms with E-state index >= 15 is 0 Å². The van der Waals surface area contributed by atoms with Crippen LogP contribution in [-0.4, -0.2) is 37.4 Å². The molecule has 3 atom stereocenters. The number of urea groups is 1. The number of carbonyl (C=O) groups is 1. The Kier molecular flexibility index (Phi) is 6.49. The standard InChI is InChI=1S/C16H23ClN2O3/c1-22-15(11-5-7-13(17)8-6-11)10-19-16(21)18-9-12-3-2-4-14(12)20/h5-8,12,14-15,20H,2-4,9-10H2,1H3,(H2,18,19,21). The van der Waals surface area contributed by atoms with Gasteiger partial charge >= 0.3 is 6.03 Å². The van der Waals surface area contributed by atoms with E-state index in [1.807, 2.05) is 12.1 Å². The molecule has 1 saturated carbocycles. The first kappa shape index (κ1) is 17.1. The maximum Gasteiger partial charge on any atom is 0.314 e. The maximum atomic E-state index is 11.8. The van der Waals surface area contributed by atoms with Crippen LogP contribution in [0.25, 0.3) is 0 Å². The van der Waals surface area contributed by atoms with E-state index < -0.39 is 0 Å². The topological polar surface area (TPSA) is 70.6 Å². The molecule has 3 unspecified atom stereocenters. The van der Waals surface area contributed by atoms with Gasteiger partial charge in [0.25, 0.3) is 0 Å². The second-order valence-electron chi connectivity index (χ2n) is 5.63. The minimum atomic E-state index is -0.291. The summed E-state index contributed by atoms with van der Waals surface area (Å²) in [4.78, 5) is 11.8. The highest BCUT2D eigenvalue weighted by molar-refractivity contribution is 6.30. The van der Waals surface area contributed by atoms with E-state index in [4.69, 9.17) is 16.3 Å². The Morgan fingerprint density at radius 2 is 2.09 bits per heavy atom. The first-order chi connectivity index (χ1) is 10.6. The predicted molar refractivity (Wildman–Crippen MR) is 86.0 cm³/mol. The van der Waals surface area contributed by atoms with Crippen molar-refractivity contribution >= 4 is 17.6 Å². The molecule has 2 amide bonds. The lowest BCUT2D eigenvalue weighted by molar-refractivity contribution is 0.103. The highest BCUT2D eigenvalue weighted by Crippen LogP contribution is 2.24. The zero-order valence-corrected chi connectivity index (χ0v) is 13.5. The molecule has 0 heterocycles. The van der Waals surface area contributed by atoms with Crippen molar-refractivity contribution in [2.24, 2.45) is 5.92 Å². The van der Waals surface area contributed by atoms with Gasteiger partial charge in [-0.25, -0.2) is 4.79 Å². The highest BCUT2D eigenvalue weighted by Gasteiger charge is 2.25. The molecule has 0 spiro atoms. The molecule has 0 radical (unpaired) electrons. The van der Waals surface area contributed by atoms with Crippen LogP contribution < -0.4 is 10.6 Å². The SMILES string of the molecule is COC(CNC(=O)NCC1CCCC1O)c1ccc(Cl)cc1. The molecule has 22 heavy (non-hydrogen) atoms. The monoisotopic (exact) mass is 326 g/mol. The average Bonchev–Trinajstić information content (AvgIpc) is 2.92. The van der Waals surface area contributed by atoms with Gasteiger partial charge in [-0.1, -0.05) is 30.2 Å². The summed E-state index contributed by atoms with van der Waals surface area (Å²) in [7, 11) is 1.60. The molecule has 2 rings (SSSR count). The first-order valence-corrected chi connectivity index (χ1v) is 7.96. The molecule has 122 valence electrons. The fourth-order valence-corrected chi connectivity index (χ4v) is 2.87. The quantitative estimate of drug-likeness (QED) is 0.752. The Balaban J connectivity index is 1.75. The lowest BCUT2D eigenvalue weighted by Gasteiger charge is -2.18. The largest absolute Gasteiger partial charge is 0.393 e. The number of amides is 2. The molecule has 0 bridgehead atoms. The molecule has 1 aliphatic rings. The van der Waals surface area contributed by atoms with Gasteiger partial charge in [-0.2, -0.15) is 0 Å². The Bertz CT molecular complexity index is 481. The molecule has 5 nitrogen and oxygen atoms in total. The average molecular weight is 327 g/mol. The van der Waals surface area contributed by atoms with Gasteiger partial charge in [0, 0.05) is 31.1 Å². The molecular formula is C16H23ClN2O3. The minimum Gasteiger partial charge on any atom is -0.393 e. The normalized spacial score (nSPS) is 22.3. The fourth-order valence-electron chi connectivity index (χ4n) is 2.74. The third kappa shape index (κ3) is 4.87. The summed E-state index contributed by atoms with van der Waals surface area (Å²) in [5.74, 6) is 0.167. The van der Waals surface area contributed by atoms with Gasteiger partial charge in [0.05, 0.1) is 12.2 Å². The number of halogens is 1. The second kappa shape index (κ2) is 8.36. The van der Waals surface area contributed by atoms with Crippen LogP contribution in [0.4, 0.5) is 4.79 Å². The Morgan fingerprint density at radius 1 is 1.36 bits per heavy atom. The van der Waals surface area contributed by atoms with Gasteiger partial charge in [0.2, 0.25) is 0 Å². The summed E-state index contributed by atoms with van der Waals surface area (Å²) in [5.41, 5.74) is 0.957. The number of rotatable bonds is 6. The number of methoxy groups -OCH3 is 1. The molecule has 0 aromatic heterocycles. The predicted octanol–water partition coefficient (Wildman–Crippen LogP) is 2.49. The molecule has 0 saturated heterocycles. The van der Waals surface area contributed by atoms with Crippen LogP contribution in [0.3, 0.4) is 0 Å². The summed E-state index contributed by atoms with van der Waals surface area (Å²) < 4.78 is 5.40. The molecule has 1 fully saturated rings. The molecule has 1 aromatic rings. The van der Waals surface area contributed by atoms with E-state index in [0.29, 0.717) is 18.1 Å². The highest BCUT2D eigenvalue weighted by atomic mass is 35.5. The van der Waals surface area contributed by atoms with E-state index in [9.17, 15) is 9.90 Å². The molecule has 1 aliphatic carbocycles. The zero-order chi connectivity index (χ0) is 15.9. The van der Waals surface area contributed by atoms with Gasteiger partial charge in [0.1, 0.15) is 0 Å². The van der Waals surface area contributed by atoms with E-state index in [1.54, 1.807) is 19.2 Å². The van der Waals surface area contributed by atoms with Crippen molar-refractivity contribution in [1.29, 1.82) is 0 Å². The molecule has 6 heteroatoms. The van der Waals surface area contributed by atoms with E-state index in [0.717, 1.165) is 24.8 Å². The number of aliphatic hydroxyl groups excluding tert-OH is 1. The van der Waals surface area contributed by atoms with E-state index in [2.05, 4.69) is 10.6 Å². The van der Waals surface area contributed by atoms with Crippen LogP contribution in [0, 0.1) is 5.92 Å². The van der Waals surface area contributed by atoms with Crippen molar-refractivity contribution < 1.29 is 14.6 Å². The summed E-state index contributed by atoms with van der Waals surface area (Å²) >= 11 is 5.86. The number of hydrogen-bond acceptors (Lipinski definition) is 3.